The van der Waals surface area contributed by atoms with E-state index in [1.54, 1.807) is 44.9 Å². The molecule has 0 spiro atoms. The van der Waals surface area contributed by atoms with Crippen LogP contribution in [-0.2, 0) is 0 Å². The molecule has 1 heteroatoms. The molecule has 130 valence electrons. The van der Waals surface area contributed by atoms with Crippen molar-refractivity contribution in [3.05, 3.63) is 0 Å². The second kappa shape index (κ2) is 9.29. The molecule has 3 fully saturated rings. The molecule has 3 saturated carbocycles. The topological polar surface area (TPSA) is 0 Å². The van der Waals surface area contributed by atoms with E-state index in [1.165, 1.54) is 69.5 Å². The molecule has 0 aromatic carbocycles. The van der Waals surface area contributed by atoms with Gasteiger partial charge in [-0.1, -0.05) is 64.2 Å². The minimum Gasteiger partial charge on any atom is -0.118 e. The molecule has 0 amide bonds. The van der Waals surface area contributed by atoms with Crippen LogP contribution in [0.3, 0.4) is 0 Å². The summed E-state index contributed by atoms with van der Waals surface area (Å²) in [5, 5.41) is 1.33. The summed E-state index contributed by atoms with van der Waals surface area (Å²) in [6.45, 7) is 0. The minimum atomic E-state index is 0.748. The summed E-state index contributed by atoms with van der Waals surface area (Å²) in [4.78, 5) is 0. The van der Waals surface area contributed by atoms with Crippen molar-refractivity contribution in [3.8, 4) is 0 Å². The predicted octanol–water partition coefficient (Wildman–Crippen LogP) is 7.08. The van der Waals surface area contributed by atoms with Crippen molar-refractivity contribution < 1.29 is 0 Å². The fourth-order valence-corrected chi connectivity index (χ4v) is 7.14. The molecule has 0 bridgehead atoms. The van der Waals surface area contributed by atoms with Crippen LogP contribution in [0.15, 0.2) is 0 Å². The average molecular weight is 331 g/mol. The van der Waals surface area contributed by atoms with Crippen molar-refractivity contribution in [1.29, 1.82) is 0 Å². The molecule has 3 rings (SSSR count). The van der Waals surface area contributed by atoms with Crippen molar-refractivity contribution in [2.75, 3.05) is 0 Å². The molecule has 0 nitrogen and oxygen atoms in total. The van der Waals surface area contributed by atoms with Gasteiger partial charge in [-0.05, 0) is 68.1 Å². The molecule has 0 aromatic rings. The van der Waals surface area contributed by atoms with Crippen LogP contribution in [0.5, 0.6) is 0 Å². The number of hydrogen-bond acceptors (Lipinski definition) is 0. The lowest BCUT2D eigenvalue weighted by atomic mass is 9.50. The van der Waals surface area contributed by atoms with Gasteiger partial charge in [0.2, 0.25) is 0 Å². The molecule has 0 unspecified atom stereocenters. The summed E-state index contributed by atoms with van der Waals surface area (Å²) in [6.07, 6.45) is 26.2. The molecule has 0 atom stereocenters. The van der Waals surface area contributed by atoms with Crippen LogP contribution in [0.25, 0.3) is 0 Å². The van der Waals surface area contributed by atoms with E-state index in [4.69, 9.17) is 0 Å². The Morgan fingerprint density at radius 2 is 0.913 bits per heavy atom. The van der Waals surface area contributed by atoms with Crippen LogP contribution in [-0.4, -0.2) is 16.3 Å². The minimum absolute atomic E-state index is 0.748. The molecule has 0 N–H and O–H groups in total. The highest BCUT2D eigenvalue weighted by molar-refractivity contribution is 6.08. The first-order chi connectivity index (χ1) is 11.4. The third-order valence-electron chi connectivity index (χ3n) is 7.91. The summed E-state index contributed by atoms with van der Waals surface area (Å²) in [7, 11) is 0. The second-order valence-electron chi connectivity index (χ2n) is 9.01. The van der Waals surface area contributed by atoms with Gasteiger partial charge in [0.05, 0.1) is 0 Å². The number of hydrogen-bond donors (Lipinski definition) is 0. The van der Waals surface area contributed by atoms with E-state index in [-0.39, 0.29) is 0 Å². The SMILES string of the molecule is [Al][CH2]CCC(C1CCCCC1)(C1CCCCC1)C1CCCCC1. The molecule has 3 aliphatic carbocycles. The Labute approximate surface area is 154 Å². The standard InChI is InChI=1S/C22H39.Al/c1-2-18-22(19-12-6-3-7-13-19,20-14-8-4-9-15-20)21-16-10-5-11-17-21;/h19-21H,1-18H2;. The number of rotatable bonds is 6. The van der Waals surface area contributed by atoms with Gasteiger partial charge in [0.15, 0.2) is 0 Å². The fraction of sp³-hybridized carbons (Fsp3) is 1.00. The van der Waals surface area contributed by atoms with Crippen LogP contribution in [0.1, 0.15) is 109 Å². The third kappa shape index (κ3) is 4.20. The summed E-state index contributed by atoms with van der Waals surface area (Å²) in [6, 6.07) is 0. The van der Waals surface area contributed by atoms with Crippen LogP contribution in [0.2, 0.25) is 5.28 Å². The predicted molar refractivity (Wildman–Crippen MR) is 102 cm³/mol. The highest BCUT2D eigenvalue weighted by atomic mass is 27.0. The van der Waals surface area contributed by atoms with E-state index in [2.05, 4.69) is 16.3 Å². The zero-order chi connectivity index (χ0) is 16.0. The zero-order valence-corrected chi connectivity index (χ0v) is 16.7. The normalized spacial score (nSPS) is 26.4. The highest BCUT2D eigenvalue weighted by Crippen LogP contribution is 2.59. The van der Waals surface area contributed by atoms with Crippen LogP contribution < -0.4 is 0 Å². The van der Waals surface area contributed by atoms with Gasteiger partial charge < -0.3 is 0 Å². The summed E-state index contributed by atoms with van der Waals surface area (Å²) in [5.41, 5.74) is 0.748. The summed E-state index contributed by atoms with van der Waals surface area (Å²) >= 11 is 3.02. The average Bonchev–Trinajstić information content (AvgIpc) is 2.65. The summed E-state index contributed by atoms with van der Waals surface area (Å²) < 4.78 is 0. The van der Waals surface area contributed by atoms with E-state index in [9.17, 15) is 0 Å². The molecule has 0 aromatic heterocycles. The molecule has 23 heavy (non-hydrogen) atoms. The smallest absolute Gasteiger partial charge is 0.118 e. The lowest BCUT2D eigenvalue weighted by Crippen LogP contribution is -2.46. The van der Waals surface area contributed by atoms with Crippen molar-refractivity contribution in [3.63, 3.8) is 0 Å². The van der Waals surface area contributed by atoms with Gasteiger partial charge >= 0.3 is 0 Å². The van der Waals surface area contributed by atoms with Gasteiger partial charge in [-0.25, -0.2) is 0 Å². The first kappa shape index (κ1) is 18.3. The third-order valence-corrected chi connectivity index (χ3v) is 8.32. The largest absolute Gasteiger partial charge is 0.118 e. The van der Waals surface area contributed by atoms with E-state index < -0.39 is 0 Å². The summed E-state index contributed by atoms with van der Waals surface area (Å²) in [5.74, 6) is 3.25. The van der Waals surface area contributed by atoms with Gasteiger partial charge in [-0.3, -0.25) is 0 Å². The van der Waals surface area contributed by atoms with E-state index in [1.807, 2.05) is 0 Å². The maximum Gasteiger partial charge on any atom is 0.118 e. The molecule has 3 aliphatic rings. The fourth-order valence-electron chi connectivity index (χ4n) is 6.94. The Hall–Kier alpha value is 0.532. The molecule has 0 saturated heterocycles. The molecule has 0 aliphatic heterocycles. The Bertz CT molecular complexity index is 273. The van der Waals surface area contributed by atoms with Crippen molar-refractivity contribution in [2.24, 2.45) is 23.2 Å². The first-order valence-corrected chi connectivity index (χ1v) is 11.9. The molecular weight excluding hydrogens is 291 g/mol. The Morgan fingerprint density at radius 1 is 0.565 bits per heavy atom. The first-order valence-electron chi connectivity index (χ1n) is 11.1. The maximum absolute atomic E-state index is 3.02. The zero-order valence-electron chi connectivity index (χ0n) is 15.5. The van der Waals surface area contributed by atoms with E-state index >= 15 is 0 Å². The monoisotopic (exact) mass is 330 g/mol. The Kier molecular flexibility index (Phi) is 7.40. The van der Waals surface area contributed by atoms with E-state index in [0.717, 1.165) is 23.2 Å². The Balaban J connectivity index is 1.88. The van der Waals surface area contributed by atoms with Crippen molar-refractivity contribution >= 4 is 16.3 Å². The van der Waals surface area contributed by atoms with Gasteiger partial charge in [-0.2, -0.15) is 0 Å². The maximum atomic E-state index is 3.02. The van der Waals surface area contributed by atoms with Gasteiger partial charge in [0, 0.05) is 0 Å². The van der Waals surface area contributed by atoms with Crippen LogP contribution >= 0.6 is 0 Å². The van der Waals surface area contributed by atoms with Crippen molar-refractivity contribution in [1.82, 2.24) is 0 Å². The molecular formula is C22H39Al. The quantitative estimate of drug-likeness (QED) is 0.456. The van der Waals surface area contributed by atoms with Gasteiger partial charge in [-0.15, -0.1) is 5.28 Å². The van der Waals surface area contributed by atoms with Crippen molar-refractivity contribution in [2.45, 2.75) is 114 Å². The molecule has 0 heterocycles. The van der Waals surface area contributed by atoms with Crippen LogP contribution in [0, 0.1) is 23.2 Å². The lowest BCUT2D eigenvalue weighted by Gasteiger charge is -2.55. The molecule has 2 radical (unpaired) electrons. The van der Waals surface area contributed by atoms with Crippen LogP contribution in [0.4, 0.5) is 0 Å². The van der Waals surface area contributed by atoms with E-state index in [0.29, 0.717) is 0 Å². The Morgan fingerprint density at radius 3 is 1.22 bits per heavy atom. The highest BCUT2D eigenvalue weighted by Gasteiger charge is 2.49. The van der Waals surface area contributed by atoms with Gasteiger partial charge in [0.1, 0.15) is 16.3 Å². The lowest BCUT2D eigenvalue weighted by molar-refractivity contribution is -0.0558. The van der Waals surface area contributed by atoms with Gasteiger partial charge in [0.25, 0.3) is 0 Å². The second-order valence-corrected chi connectivity index (χ2v) is 9.59.